The van der Waals surface area contributed by atoms with Crippen molar-refractivity contribution in [2.24, 2.45) is 0 Å². The molecule has 1 aromatic rings. The molecule has 1 aromatic carbocycles. The quantitative estimate of drug-likeness (QED) is 0.449. The van der Waals surface area contributed by atoms with E-state index >= 15 is 0 Å². The van der Waals surface area contributed by atoms with Gasteiger partial charge in [-0.3, -0.25) is 14.9 Å². The molecule has 1 amide bonds. The molecule has 6 nitrogen and oxygen atoms in total. The van der Waals surface area contributed by atoms with Crippen molar-refractivity contribution < 1.29 is 9.72 Å². The first kappa shape index (κ1) is 17.3. The number of carbonyl (C=O) groups excluding carboxylic acids is 1. The molecule has 0 radical (unpaired) electrons. The Labute approximate surface area is 118 Å². The van der Waals surface area contributed by atoms with Crippen molar-refractivity contribution in [3.63, 3.8) is 0 Å². The van der Waals surface area contributed by atoms with E-state index in [0.29, 0.717) is 19.4 Å². The lowest BCUT2D eigenvalue weighted by molar-refractivity contribution is -0.384. The van der Waals surface area contributed by atoms with Gasteiger partial charge in [0.05, 0.1) is 4.92 Å². The van der Waals surface area contributed by atoms with Crippen LogP contribution in [0.5, 0.6) is 0 Å². The predicted octanol–water partition coefficient (Wildman–Crippen LogP) is 1.28. The molecule has 0 fully saturated rings. The van der Waals surface area contributed by atoms with E-state index in [1.165, 1.54) is 12.1 Å². The van der Waals surface area contributed by atoms with Gasteiger partial charge in [-0.05, 0) is 19.0 Å². The summed E-state index contributed by atoms with van der Waals surface area (Å²) in [7, 11) is 1.81. The van der Waals surface area contributed by atoms with Gasteiger partial charge in [-0.15, -0.1) is 12.4 Å². The first-order chi connectivity index (χ1) is 8.63. The molecule has 0 bridgehead atoms. The number of carbonyl (C=O) groups is 1. The predicted molar refractivity (Wildman–Crippen MR) is 75.6 cm³/mol. The number of likely N-dealkylation sites (N-methyl/N-ethyl adjacent to an activating group) is 1. The lowest BCUT2D eigenvalue weighted by Crippen LogP contribution is -2.30. The normalized spacial score (nSPS) is 9.53. The molecule has 0 saturated heterocycles. The van der Waals surface area contributed by atoms with E-state index in [0.717, 1.165) is 12.1 Å². The number of nitrogens with zero attached hydrogens (tertiary/aromatic N) is 1. The summed E-state index contributed by atoms with van der Waals surface area (Å²) in [5, 5.41) is 16.3. The highest BCUT2D eigenvalue weighted by molar-refractivity contribution is 5.85. The molecule has 0 spiro atoms. The highest BCUT2D eigenvalue weighted by atomic mass is 35.5. The minimum Gasteiger partial charge on any atom is -0.355 e. The maximum Gasteiger partial charge on any atom is 0.269 e. The maximum atomic E-state index is 11.4. The summed E-state index contributed by atoms with van der Waals surface area (Å²) < 4.78 is 0. The average molecular weight is 288 g/mol. The van der Waals surface area contributed by atoms with Crippen molar-refractivity contribution in [3.8, 4) is 0 Å². The summed E-state index contributed by atoms with van der Waals surface area (Å²) in [6.07, 6.45) is 0.845. The second kappa shape index (κ2) is 9.29. The van der Waals surface area contributed by atoms with Gasteiger partial charge < -0.3 is 10.6 Å². The van der Waals surface area contributed by atoms with Crippen LogP contribution in [0.3, 0.4) is 0 Å². The number of nitrogens with one attached hydrogen (secondary N) is 2. The number of benzene rings is 1. The van der Waals surface area contributed by atoms with Crippen LogP contribution in [0, 0.1) is 10.1 Å². The van der Waals surface area contributed by atoms with Crippen LogP contribution in [-0.2, 0) is 11.2 Å². The van der Waals surface area contributed by atoms with Gasteiger partial charge in [-0.1, -0.05) is 12.1 Å². The van der Waals surface area contributed by atoms with Gasteiger partial charge in [-0.25, -0.2) is 0 Å². The van der Waals surface area contributed by atoms with Crippen LogP contribution in [-0.4, -0.2) is 31.0 Å². The van der Waals surface area contributed by atoms with Crippen LogP contribution in [0.1, 0.15) is 12.0 Å². The molecule has 7 heteroatoms. The van der Waals surface area contributed by atoms with E-state index < -0.39 is 4.92 Å². The second-order valence-electron chi connectivity index (χ2n) is 3.88. The third kappa shape index (κ3) is 6.73. The average Bonchev–Trinajstić information content (AvgIpc) is 2.37. The number of hydrogen-bond acceptors (Lipinski definition) is 4. The summed E-state index contributed by atoms with van der Waals surface area (Å²) in [5.41, 5.74) is 0.857. The first-order valence-corrected chi connectivity index (χ1v) is 5.78. The van der Waals surface area contributed by atoms with Gasteiger partial charge in [0.1, 0.15) is 0 Å². The molecule has 0 aromatic heterocycles. The van der Waals surface area contributed by atoms with E-state index in [9.17, 15) is 14.9 Å². The fourth-order valence-corrected chi connectivity index (χ4v) is 1.50. The van der Waals surface area contributed by atoms with Gasteiger partial charge in [0, 0.05) is 31.6 Å². The third-order valence-corrected chi connectivity index (χ3v) is 2.46. The summed E-state index contributed by atoms with van der Waals surface area (Å²) in [5.74, 6) is -0.0447. The van der Waals surface area contributed by atoms with Gasteiger partial charge in [-0.2, -0.15) is 0 Å². The van der Waals surface area contributed by atoms with Crippen LogP contribution in [0.2, 0.25) is 0 Å². The maximum absolute atomic E-state index is 11.4. The van der Waals surface area contributed by atoms with Crippen LogP contribution in [0.15, 0.2) is 24.3 Å². The standard InChI is InChI=1S/C12H17N3O3.ClH/c1-13-7-8-14-12(16)6-5-10-3-2-4-11(9-10)15(17)18;/h2-4,9,13H,5-8H2,1H3,(H,14,16);1H. The Bertz CT molecular complexity index is 426. The molecule has 0 aliphatic rings. The van der Waals surface area contributed by atoms with Crippen molar-refractivity contribution in [2.45, 2.75) is 12.8 Å². The fraction of sp³-hybridized carbons (Fsp3) is 0.417. The molecule has 0 saturated carbocycles. The zero-order valence-electron chi connectivity index (χ0n) is 10.7. The molecule has 0 atom stereocenters. The van der Waals surface area contributed by atoms with Crippen molar-refractivity contribution >= 4 is 24.0 Å². The minimum atomic E-state index is -0.434. The van der Waals surface area contributed by atoms with Crippen LogP contribution in [0.25, 0.3) is 0 Å². The third-order valence-electron chi connectivity index (χ3n) is 2.46. The van der Waals surface area contributed by atoms with Gasteiger partial charge in [0.25, 0.3) is 5.69 Å². The van der Waals surface area contributed by atoms with Crippen LogP contribution < -0.4 is 10.6 Å². The number of amides is 1. The van der Waals surface area contributed by atoms with Crippen molar-refractivity contribution in [1.82, 2.24) is 10.6 Å². The van der Waals surface area contributed by atoms with Crippen LogP contribution >= 0.6 is 12.4 Å². The Balaban J connectivity index is 0.00000324. The molecular formula is C12H18ClN3O3. The first-order valence-electron chi connectivity index (χ1n) is 5.78. The number of hydrogen-bond donors (Lipinski definition) is 2. The number of aryl methyl sites for hydroxylation is 1. The lowest BCUT2D eigenvalue weighted by atomic mass is 10.1. The molecule has 1 rings (SSSR count). The summed E-state index contributed by atoms with van der Waals surface area (Å²) in [6, 6.07) is 6.36. The largest absolute Gasteiger partial charge is 0.355 e. The number of rotatable bonds is 7. The summed E-state index contributed by atoms with van der Waals surface area (Å²) in [6.45, 7) is 1.31. The number of halogens is 1. The summed E-state index contributed by atoms with van der Waals surface area (Å²) in [4.78, 5) is 21.6. The topological polar surface area (TPSA) is 84.3 Å². The van der Waals surface area contributed by atoms with E-state index in [1.54, 1.807) is 12.1 Å². The molecule has 106 valence electrons. The fourth-order valence-electron chi connectivity index (χ4n) is 1.50. The minimum absolute atomic E-state index is 0. The van der Waals surface area contributed by atoms with E-state index in [2.05, 4.69) is 10.6 Å². The molecular weight excluding hydrogens is 270 g/mol. The lowest BCUT2D eigenvalue weighted by Gasteiger charge is -2.04. The highest BCUT2D eigenvalue weighted by Crippen LogP contribution is 2.14. The molecule has 2 N–H and O–H groups in total. The van der Waals surface area contributed by atoms with E-state index in [4.69, 9.17) is 0 Å². The van der Waals surface area contributed by atoms with Crippen molar-refractivity contribution in [3.05, 3.63) is 39.9 Å². The Hall–Kier alpha value is -1.66. The zero-order chi connectivity index (χ0) is 13.4. The van der Waals surface area contributed by atoms with Crippen molar-refractivity contribution in [2.75, 3.05) is 20.1 Å². The van der Waals surface area contributed by atoms with E-state index in [1.807, 2.05) is 7.05 Å². The molecule has 0 aliphatic heterocycles. The Morgan fingerprint density at radius 1 is 1.37 bits per heavy atom. The van der Waals surface area contributed by atoms with Crippen molar-refractivity contribution in [1.29, 1.82) is 0 Å². The Morgan fingerprint density at radius 2 is 2.11 bits per heavy atom. The van der Waals surface area contributed by atoms with Gasteiger partial charge in [0.15, 0.2) is 0 Å². The number of non-ortho nitro benzene ring substituents is 1. The highest BCUT2D eigenvalue weighted by Gasteiger charge is 2.07. The SMILES string of the molecule is CNCCNC(=O)CCc1cccc([N+](=O)[O-])c1.Cl. The smallest absolute Gasteiger partial charge is 0.269 e. The van der Waals surface area contributed by atoms with E-state index in [-0.39, 0.29) is 24.0 Å². The van der Waals surface area contributed by atoms with Gasteiger partial charge in [0.2, 0.25) is 5.91 Å². The summed E-state index contributed by atoms with van der Waals surface area (Å²) >= 11 is 0. The zero-order valence-corrected chi connectivity index (χ0v) is 11.5. The molecule has 0 heterocycles. The molecule has 19 heavy (non-hydrogen) atoms. The monoisotopic (exact) mass is 287 g/mol. The Morgan fingerprint density at radius 3 is 2.74 bits per heavy atom. The molecule has 0 unspecified atom stereocenters. The number of nitro groups is 1. The molecule has 0 aliphatic carbocycles. The van der Waals surface area contributed by atoms with Gasteiger partial charge >= 0.3 is 0 Å². The van der Waals surface area contributed by atoms with Crippen LogP contribution in [0.4, 0.5) is 5.69 Å². The number of nitro benzene ring substituents is 1. The Kier molecular flexibility index (Phi) is 8.48. The second-order valence-corrected chi connectivity index (χ2v) is 3.88.